The van der Waals surface area contributed by atoms with Crippen LogP contribution in [0.1, 0.15) is 41.5 Å². The van der Waals surface area contributed by atoms with Gasteiger partial charge in [0.15, 0.2) is 0 Å². The van der Waals surface area contributed by atoms with E-state index >= 15 is 0 Å². The van der Waals surface area contributed by atoms with Crippen LogP contribution in [0.4, 0.5) is 5.69 Å². The molecular weight excluding hydrogens is 536 g/mol. The minimum Gasteiger partial charge on any atom is -0.480 e. The zero-order valence-electron chi connectivity index (χ0n) is 22.9. The second-order valence-corrected chi connectivity index (χ2v) is 9.60. The molecule has 9 heteroatoms. The number of ether oxygens (including phenoxy) is 1. The summed E-state index contributed by atoms with van der Waals surface area (Å²) in [5.74, 6) is -3.75. The van der Waals surface area contributed by atoms with E-state index in [2.05, 4.69) is 5.32 Å². The molecular formula is C33H30N2O7. The van der Waals surface area contributed by atoms with Gasteiger partial charge in [0.05, 0.1) is 18.0 Å². The van der Waals surface area contributed by atoms with E-state index in [0.29, 0.717) is 22.3 Å². The van der Waals surface area contributed by atoms with Crippen LogP contribution >= 0.6 is 0 Å². The molecule has 9 nitrogen and oxygen atoms in total. The summed E-state index contributed by atoms with van der Waals surface area (Å²) in [6.45, 7) is 1.71. The summed E-state index contributed by atoms with van der Waals surface area (Å²) < 4.78 is 5.11. The molecule has 0 saturated carbocycles. The topological polar surface area (TPSA) is 136 Å². The van der Waals surface area contributed by atoms with Crippen LogP contribution in [0.3, 0.4) is 0 Å². The van der Waals surface area contributed by atoms with Crippen molar-refractivity contribution < 1.29 is 29.2 Å². The third kappa shape index (κ3) is 6.20. The van der Waals surface area contributed by atoms with E-state index in [9.17, 15) is 29.6 Å². The zero-order chi connectivity index (χ0) is 30.1. The smallest absolute Gasteiger partial charge is 0.326 e. The van der Waals surface area contributed by atoms with Gasteiger partial charge in [0.1, 0.15) is 11.5 Å². The SMILES string of the molecule is CCOC(=O)C[C@H](c1ccc([N+](=O)[O-])cc1)[C@H](NC(=O)C(c1ccccc1)(c1ccccc1)c1ccccc1)C(=O)O. The molecule has 0 aliphatic carbocycles. The highest BCUT2D eigenvalue weighted by Gasteiger charge is 2.46. The standard InChI is InChI=1S/C33H30N2O7/c1-2-42-29(36)22-28(23-18-20-27(21-19-23)35(40)41)30(31(37)38)34-32(39)33(24-12-6-3-7-13-24,25-14-8-4-9-15-25)26-16-10-5-11-17-26/h3-21,28,30H,2,22H2,1H3,(H,34,39)(H,37,38)/t28-,30+/m1/s1. The van der Waals surface area contributed by atoms with Crippen LogP contribution in [0.2, 0.25) is 0 Å². The number of hydrogen-bond acceptors (Lipinski definition) is 6. The Morgan fingerprint density at radius 3 is 1.64 bits per heavy atom. The Morgan fingerprint density at radius 2 is 1.26 bits per heavy atom. The number of carboxylic acids is 1. The molecule has 0 aromatic heterocycles. The van der Waals surface area contributed by atoms with Gasteiger partial charge in [-0.2, -0.15) is 0 Å². The van der Waals surface area contributed by atoms with Crippen molar-refractivity contribution in [3.05, 3.63) is 148 Å². The van der Waals surface area contributed by atoms with Gasteiger partial charge in [0.25, 0.3) is 5.69 Å². The molecule has 2 atom stereocenters. The van der Waals surface area contributed by atoms with Crippen molar-refractivity contribution in [3.63, 3.8) is 0 Å². The zero-order valence-corrected chi connectivity index (χ0v) is 22.9. The van der Waals surface area contributed by atoms with E-state index < -0.39 is 40.1 Å². The van der Waals surface area contributed by atoms with Crippen molar-refractivity contribution in [2.45, 2.75) is 30.7 Å². The van der Waals surface area contributed by atoms with Gasteiger partial charge in [0.2, 0.25) is 5.91 Å². The van der Waals surface area contributed by atoms with Crippen LogP contribution in [0.25, 0.3) is 0 Å². The lowest BCUT2D eigenvalue weighted by Gasteiger charge is -2.36. The summed E-state index contributed by atoms with van der Waals surface area (Å²) in [6, 6.07) is 30.8. The van der Waals surface area contributed by atoms with Gasteiger partial charge < -0.3 is 15.2 Å². The molecule has 4 rings (SSSR count). The Kier molecular flexibility index (Phi) is 9.44. The summed E-state index contributed by atoms with van der Waals surface area (Å²) in [5.41, 5.74) is 0.511. The number of esters is 1. The number of nitro groups is 1. The number of carboxylic acid groups (broad SMARTS) is 1. The Balaban J connectivity index is 1.87. The predicted molar refractivity (Wildman–Crippen MR) is 156 cm³/mol. The second kappa shape index (κ2) is 13.4. The fourth-order valence-electron chi connectivity index (χ4n) is 5.21. The van der Waals surface area contributed by atoms with E-state index in [0.717, 1.165) is 0 Å². The Labute approximate surface area is 242 Å². The number of rotatable bonds is 12. The van der Waals surface area contributed by atoms with Crippen LogP contribution < -0.4 is 5.32 Å². The summed E-state index contributed by atoms with van der Waals surface area (Å²) >= 11 is 0. The van der Waals surface area contributed by atoms with Crippen molar-refractivity contribution in [2.24, 2.45) is 0 Å². The Hall–Kier alpha value is -5.31. The molecule has 0 bridgehead atoms. The first kappa shape index (κ1) is 29.7. The summed E-state index contributed by atoms with van der Waals surface area (Å²) in [6.07, 6.45) is -0.377. The quantitative estimate of drug-likeness (QED) is 0.104. The van der Waals surface area contributed by atoms with Crippen LogP contribution in [0.5, 0.6) is 0 Å². The lowest BCUT2D eigenvalue weighted by Crippen LogP contribution is -2.54. The molecule has 0 unspecified atom stereocenters. The van der Waals surface area contributed by atoms with Crippen molar-refractivity contribution in [1.82, 2.24) is 5.32 Å². The summed E-state index contributed by atoms with van der Waals surface area (Å²) in [4.78, 5) is 50.8. The van der Waals surface area contributed by atoms with Crippen LogP contribution in [-0.4, -0.2) is 40.5 Å². The third-order valence-corrected chi connectivity index (χ3v) is 7.14. The number of hydrogen-bond donors (Lipinski definition) is 2. The number of carbonyl (C=O) groups excluding carboxylic acids is 2. The van der Waals surface area contributed by atoms with E-state index in [1.165, 1.54) is 24.3 Å². The van der Waals surface area contributed by atoms with Crippen LogP contribution in [0.15, 0.2) is 115 Å². The average molecular weight is 567 g/mol. The molecule has 0 heterocycles. The fourth-order valence-corrected chi connectivity index (χ4v) is 5.21. The molecule has 42 heavy (non-hydrogen) atoms. The van der Waals surface area contributed by atoms with Crippen molar-refractivity contribution in [1.29, 1.82) is 0 Å². The summed E-state index contributed by atoms with van der Waals surface area (Å²) in [5, 5.41) is 24.4. The van der Waals surface area contributed by atoms with E-state index in [1.807, 2.05) is 54.6 Å². The highest BCUT2D eigenvalue weighted by atomic mass is 16.6. The van der Waals surface area contributed by atoms with Gasteiger partial charge >= 0.3 is 11.9 Å². The number of non-ortho nitro benzene ring substituents is 1. The molecule has 2 N–H and O–H groups in total. The van der Waals surface area contributed by atoms with Crippen molar-refractivity contribution in [2.75, 3.05) is 6.61 Å². The number of carbonyl (C=O) groups is 3. The molecule has 214 valence electrons. The van der Waals surface area contributed by atoms with Gasteiger partial charge in [-0.05, 0) is 29.2 Å². The first-order valence-electron chi connectivity index (χ1n) is 13.4. The first-order valence-corrected chi connectivity index (χ1v) is 13.4. The van der Waals surface area contributed by atoms with Crippen LogP contribution in [-0.2, 0) is 24.5 Å². The minimum atomic E-state index is -1.58. The highest BCUT2D eigenvalue weighted by Crippen LogP contribution is 2.40. The van der Waals surface area contributed by atoms with Gasteiger partial charge in [-0.1, -0.05) is 103 Å². The van der Waals surface area contributed by atoms with E-state index in [-0.39, 0.29) is 18.7 Å². The Bertz CT molecular complexity index is 1430. The number of aliphatic carboxylic acids is 1. The van der Waals surface area contributed by atoms with Gasteiger partial charge in [-0.3, -0.25) is 19.7 Å². The predicted octanol–water partition coefficient (Wildman–Crippen LogP) is 5.24. The molecule has 4 aromatic carbocycles. The molecule has 0 aliphatic rings. The maximum absolute atomic E-state index is 14.7. The summed E-state index contributed by atoms with van der Waals surface area (Å²) in [7, 11) is 0. The van der Waals surface area contributed by atoms with Crippen molar-refractivity contribution in [3.8, 4) is 0 Å². The van der Waals surface area contributed by atoms with Gasteiger partial charge in [-0.25, -0.2) is 4.79 Å². The first-order chi connectivity index (χ1) is 20.3. The lowest BCUT2D eigenvalue weighted by molar-refractivity contribution is -0.384. The monoisotopic (exact) mass is 566 g/mol. The molecule has 4 aromatic rings. The molecule has 0 aliphatic heterocycles. The second-order valence-electron chi connectivity index (χ2n) is 9.60. The molecule has 0 spiro atoms. The fraction of sp³-hybridized carbons (Fsp3) is 0.182. The number of nitrogens with zero attached hydrogens (tertiary/aromatic N) is 1. The lowest BCUT2D eigenvalue weighted by atomic mass is 9.68. The highest BCUT2D eigenvalue weighted by molar-refractivity contribution is 5.98. The largest absolute Gasteiger partial charge is 0.480 e. The molecule has 1 amide bonds. The van der Waals surface area contributed by atoms with Crippen molar-refractivity contribution >= 4 is 23.5 Å². The minimum absolute atomic E-state index is 0.0784. The maximum Gasteiger partial charge on any atom is 0.326 e. The number of nitro benzene ring substituents is 1. The molecule has 0 radical (unpaired) electrons. The third-order valence-electron chi connectivity index (χ3n) is 7.14. The normalized spacial score (nSPS) is 12.5. The Morgan fingerprint density at radius 1 is 0.810 bits per heavy atom. The average Bonchev–Trinajstić information content (AvgIpc) is 3.01. The molecule has 0 fully saturated rings. The number of benzene rings is 4. The van der Waals surface area contributed by atoms with Gasteiger partial charge in [0, 0.05) is 18.1 Å². The van der Waals surface area contributed by atoms with Crippen LogP contribution in [0, 0.1) is 10.1 Å². The number of nitrogens with one attached hydrogen (secondary N) is 1. The van der Waals surface area contributed by atoms with Gasteiger partial charge in [-0.15, -0.1) is 0 Å². The van der Waals surface area contributed by atoms with E-state index in [4.69, 9.17) is 4.74 Å². The maximum atomic E-state index is 14.7. The van der Waals surface area contributed by atoms with E-state index in [1.54, 1.807) is 43.3 Å². The number of amides is 1. The molecule has 0 saturated heterocycles.